The van der Waals surface area contributed by atoms with Crippen LogP contribution in [0.15, 0.2) is 78.9 Å². The van der Waals surface area contributed by atoms with Crippen molar-refractivity contribution in [2.45, 2.75) is 12.8 Å². The molecule has 2 N–H and O–H groups in total. The zero-order valence-electron chi connectivity index (χ0n) is 15.5. The predicted octanol–water partition coefficient (Wildman–Crippen LogP) is 5.40. The molecule has 0 spiro atoms. The summed E-state index contributed by atoms with van der Waals surface area (Å²) in [6.07, 6.45) is 1.93. The van der Waals surface area contributed by atoms with Gasteiger partial charge in [0.2, 0.25) is 5.91 Å². The van der Waals surface area contributed by atoms with Crippen LogP contribution in [-0.4, -0.2) is 19.1 Å². The highest BCUT2D eigenvalue weighted by molar-refractivity contribution is 6.33. The van der Waals surface area contributed by atoms with Crippen LogP contribution in [0.2, 0.25) is 5.02 Å². The number of carbonyl (C=O) groups excluding carboxylic acids is 1. The van der Waals surface area contributed by atoms with Gasteiger partial charge in [0.1, 0.15) is 5.75 Å². The lowest BCUT2D eigenvalue weighted by Crippen LogP contribution is -2.21. The Kier molecular flexibility index (Phi) is 7.33. The molecule has 0 aromatic heterocycles. The van der Waals surface area contributed by atoms with Crippen LogP contribution in [0.3, 0.4) is 0 Å². The van der Waals surface area contributed by atoms with Crippen LogP contribution in [0.25, 0.3) is 0 Å². The van der Waals surface area contributed by atoms with Crippen molar-refractivity contribution in [3.63, 3.8) is 0 Å². The third kappa shape index (κ3) is 6.32. The zero-order chi connectivity index (χ0) is 19.6. The summed E-state index contributed by atoms with van der Waals surface area (Å²) in [4.78, 5) is 12.1. The number of rotatable bonds is 9. The number of carbonyl (C=O) groups is 1. The first-order valence-corrected chi connectivity index (χ1v) is 9.63. The Labute approximate surface area is 170 Å². The van der Waals surface area contributed by atoms with Gasteiger partial charge in [-0.25, -0.2) is 0 Å². The van der Waals surface area contributed by atoms with Gasteiger partial charge in [-0.3, -0.25) is 4.79 Å². The molecule has 0 saturated carbocycles. The predicted molar refractivity (Wildman–Crippen MR) is 115 cm³/mol. The van der Waals surface area contributed by atoms with Crippen molar-refractivity contribution in [1.82, 2.24) is 0 Å². The van der Waals surface area contributed by atoms with E-state index in [0.29, 0.717) is 17.3 Å². The summed E-state index contributed by atoms with van der Waals surface area (Å²) in [6.45, 7) is 0.786. The maximum absolute atomic E-state index is 12.1. The number of halogens is 1. The lowest BCUT2D eigenvalue weighted by atomic mass is 10.1. The molecule has 3 aromatic carbocycles. The molecule has 1 amide bonds. The normalized spacial score (nSPS) is 10.3. The van der Waals surface area contributed by atoms with Crippen LogP contribution in [0, 0.1) is 0 Å². The van der Waals surface area contributed by atoms with Crippen LogP contribution < -0.4 is 15.4 Å². The van der Waals surface area contributed by atoms with Crippen LogP contribution in [0.1, 0.15) is 12.0 Å². The van der Waals surface area contributed by atoms with Gasteiger partial charge in [-0.2, -0.15) is 0 Å². The summed E-state index contributed by atoms with van der Waals surface area (Å²) in [5, 5.41) is 6.41. The Balaban J connectivity index is 1.42. The Morgan fingerprint density at radius 2 is 1.71 bits per heavy atom. The Bertz CT molecular complexity index is 900. The monoisotopic (exact) mass is 394 g/mol. The third-order valence-electron chi connectivity index (χ3n) is 4.16. The number of hydrogen-bond acceptors (Lipinski definition) is 3. The fraction of sp³-hybridized carbons (Fsp3) is 0.174. The molecule has 144 valence electrons. The second kappa shape index (κ2) is 10.4. The summed E-state index contributed by atoms with van der Waals surface area (Å²) in [7, 11) is 0. The minimum Gasteiger partial charge on any atom is -0.494 e. The summed E-state index contributed by atoms with van der Waals surface area (Å²) in [5.41, 5.74) is 2.74. The molecule has 5 heteroatoms. The summed E-state index contributed by atoms with van der Waals surface area (Å²) in [6, 6.07) is 25.1. The number of aryl methyl sites for hydroxylation is 1. The Morgan fingerprint density at radius 1 is 0.929 bits per heavy atom. The summed E-state index contributed by atoms with van der Waals surface area (Å²) >= 11 is 6.05. The number of amides is 1. The van der Waals surface area contributed by atoms with E-state index in [0.717, 1.165) is 24.3 Å². The summed E-state index contributed by atoms with van der Waals surface area (Å²) in [5.74, 6) is 0.617. The van der Waals surface area contributed by atoms with Gasteiger partial charge in [0.15, 0.2) is 0 Å². The molecule has 3 rings (SSSR count). The van der Waals surface area contributed by atoms with Crippen LogP contribution in [-0.2, 0) is 11.2 Å². The quantitative estimate of drug-likeness (QED) is 0.477. The van der Waals surface area contributed by atoms with Crippen molar-refractivity contribution >= 4 is 28.9 Å². The van der Waals surface area contributed by atoms with Crippen LogP contribution in [0.5, 0.6) is 5.75 Å². The molecule has 0 aliphatic carbocycles. The highest BCUT2D eigenvalue weighted by atomic mass is 35.5. The number of nitrogens with one attached hydrogen (secondary N) is 2. The topological polar surface area (TPSA) is 50.4 Å². The molecular weight excluding hydrogens is 372 g/mol. The molecule has 0 unspecified atom stereocenters. The molecule has 4 nitrogen and oxygen atoms in total. The fourth-order valence-electron chi connectivity index (χ4n) is 2.75. The minimum atomic E-state index is -0.165. The number of para-hydroxylation sites is 1. The highest BCUT2D eigenvalue weighted by Gasteiger charge is 2.05. The van der Waals surface area contributed by atoms with Gasteiger partial charge in [-0.1, -0.05) is 60.1 Å². The number of benzene rings is 3. The lowest BCUT2D eigenvalue weighted by Gasteiger charge is -2.11. The van der Waals surface area contributed by atoms with Crippen LogP contribution in [0.4, 0.5) is 11.4 Å². The van der Waals surface area contributed by atoms with Crippen molar-refractivity contribution in [1.29, 1.82) is 0 Å². The molecule has 0 radical (unpaired) electrons. The van der Waals surface area contributed by atoms with E-state index in [1.165, 1.54) is 5.56 Å². The molecular formula is C23H23ClN2O2. The second-order valence-corrected chi connectivity index (χ2v) is 6.75. The van der Waals surface area contributed by atoms with Crippen molar-refractivity contribution in [2.24, 2.45) is 0 Å². The third-order valence-corrected chi connectivity index (χ3v) is 4.49. The lowest BCUT2D eigenvalue weighted by molar-refractivity contribution is -0.114. The van der Waals surface area contributed by atoms with Gasteiger partial charge in [0.05, 0.1) is 23.9 Å². The molecule has 0 atom stereocenters. The van der Waals surface area contributed by atoms with Crippen molar-refractivity contribution in [2.75, 3.05) is 23.8 Å². The van der Waals surface area contributed by atoms with Gasteiger partial charge < -0.3 is 15.4 Å². The van der Waals surface area contributed by atoms with E-state index < -0.39 is 0 Å². The maximum atomic E-state index is 12.1. The minimum absolute atomic E-state index is 0.142. The standard InChI is InChI=1S/C23H23ClN2O2/c24-21-13-4-5-14-22(21)26-23(27)17-25-19-11-6-12-20(16-19)28-15-7-10-18-8-2-1-3-9-18/h1-6,8-9,11-14,16,25H,7,10,15,17H2,(H,26,27). The van der Waals surface area contributed by atoms with Gasteiger partial charge in [0, 0.05) is 11.8 Å². The van der Waals surface area contributed by atoms with Crippen LogP contribution >= 0.6 is 11.6 Å². The molecule has 0 heterocycles. The van der Waals surface area contributed by atoms with Gasteiger partial charge in [0.25, 0.3) is 0 Å². The molecule has 3 aromatic rings. The molecule has 0 aliphatic rings. The van der Waals surface area contributed by atoms with Gasteiger partial charge in [-0.05, 0) is 42.7 Å². The zero-order valence-corrected chi connectivity index (χ0v) is 16.3. The highest BCUT2D eigenvalue weighted by Crippen LogP contribution is 2.21. The van der Waals surface area contributed by atoms with E-state index in [-0.39, 0.29) is 12.5 Å². The largest absolute Gasteiger partial charge is 0.494 e. The van der Waals surface area contributed by atoms with E-state index in [2.05, 4.69) is 22.8 Å². The van der Waals surface area contributed by atoms with Gasteiger partial charge >= 0.3 is 0 Å². The first kappa shape index (κ1) is 19.8. The first-order valence-electron chi connectivity index (χ1n) is 9.26. The van der Waals surface area contributed by atoms with Crippen molar-refractivity contribution in [3.8, 4) is 5.75 Å². The average molecular weight is 395 g/mol. The second-order valence-electron chi connectivity index (χ2n) is 6.35. The van der Waals surface area contributed by atoms with Crippen molar-refractivity contribution in [3.05, 3.63) is 89.4 Å². The molecule has 0 aliphatic heterocycles. The van der Waals surface area contributed by atoms with E-state index in [4.69, 9.17) is 16.3 Å². The van der Waals surface area contributed by atoms with Crippen molar-refractivity contribution < 1.29 is 9.53 Å². The molecule has 28 heavy (non-hydrogen) atoms. The molecule has 0 saturated heterocycles. The first-order chi connectivity index (χ1) is 13.7. The Morgan fingerprint density at radius 3 is 2.54 bits per heavy atom. The van der Waals surface area contributed by atoms with E-state index in [1.54, 1.807) is 12.1 Å². The smallest absolute Gasteiger partial charge is 0.243 e. The summed E-state index contributed by atoms with van der Waals surface area (Å²) < 4.78 is 5.83. The maximum Gasteiger partial charge on any atom is 0.243 e. The SMILES string of the molecule is O=C(CNc1cccc(OCCCc2ccccc2)c1)Nc1ccccc1Cl. The number of ether oxygens (including phenoxy) is 1. The molecule has 0 fully saturated rings. The number of hydrogen-bond donors (Lipinski definition) is 2. The Hall–Kier alpha value is -2.98. The molecule has 0 bridgehead atoms. The van der Waals surface area contributed by atoms with Gasteiger partial charge in [-0.15, -0.1) is 0 Å². The van der Waals surface area contributed by atoms with E-state index in [9.17, 15) is 4.79 Å². The van der Waals surface area contributed by atoms with E-state index >= 15 is 0 Å². The van der Waals surface area contributed by atoms with E-state index in [1.807, 2.05) is 54.6 Å². The average Bonchev–Trinajstić information content (AvgIpc) is 2.73. The fourth-order valence-corrected chi connectivity index (χ4v) is 2.93. The number of anilines is 2.